The first kappa shape index (κ1) is 20.5. The summed E-state index contributed by atoms with van der Waals surface area (Å²) in [6, 6.07) is 12.7. The van der Waals surface area contributed by atoms with Crippen LogP contribution in [0.5, 0.6) is 0 Å². The zero-order chi connectivity index (χ0) is 22.2. The van der Waals surface area contributed by atoms with Crippen molar-refractivity contribution in [2.75, 3.05) is 10.8 Å². The summed E-state index contributed by atoms with van der Waals surface area (Å²) < 4.78 is 35.0. The van der Waals surface area contributed by atoms with Crippen LogP contribution >= 0.6 is 0 Å². The minimum absolute atomic E-state index is 0.0185. The average molecular weight is 444 g/mol. The van der Waals surface area contributed by atoms with Crippen LogP contribution in [0.1, 0.15) is 11.8 Å². The molecule has 0 saturated carbocycles. The summed E-state index contributed by atoms with van der Waals surface area (Å²) in [6.45, 7) is -0.368. The molecule has 12 heteroatoms. The van der Waals surface area contributed by atoms with Crippen molar-refractivity contribution < 1.29 is 18.1 Å². The summed E-state index contributed by atoms with van der Waals surface area (Å²) in [5.41, 5.74) is -1.15. The molecule has 0 amide bonds. The van der Waals surface area contributed by atoms with E-state index in [0.29, 0.717) is 5.56 Å². The smallest absolute Gasteiger partial charge is 0.330 e. The quantitative estimate of drug-likeness (QED) is 0.472. The molecule has 0 bridgehead atoms. The Kier molecular flexibility index (Phi) is 5.17. The number of fused-ring (bicyclic) bond motifs is 1. The van der Waals surface area contributed by atoms with Crippen molar-refractivity contribution in [3.63, 3.8) is 0 Å². The van der Waals surface area contributed by atoms with Gasteiger partial charge < -0.3 is 4.74 Å². The predicted molar refractivity (Wildman–Crippen MR) is 109 cm³/mol. The van der Waals surface area contributed by atoms with Crippen LogP contribution in [-0.4, -0.2) is 29.4 Å². The number of hydrogen-bond acceptors (Lipinski definition) is 7. The van der Waals surface area contributed by atoms with E-state index >= 15 is 0 Å². The predicted octanol–water partition coefficient (Wildman–Crippen LogP) is 1.37. The Morgan fingerprint density at radius 3 is 2.52 bits per heavy atom. The van der Waals surface area contributed by atoms with Gasteiger partial charge in [0.2, 0.25) is 0 Å². The molecule has 2 aromatic carbocycles. The fraction of sp³-hybridized carbons (Fsp3) is 0.158. The largest absolute Gasteiger partial charge is 0.351 e. The van der Waals surface area contributed by atoms with Gasteiger partial charge in [0, 0.05) is 23.9 Å². The number of para-hydroxylation sites is 2. The Hall–Kier alpha value is -3.77. The number of anilines is 1. The highest BCUT2D eigenvalue weighted by molar-refractivity contribution is 7.93. The van der Waals surface area contributed by atoms with E-state index in [0.717, 1.165) is 27.1 Å². The molecule has 1 aliphatic heterocycles. The van der Waals surface area contributed by atoms with Crippen LogP contribution < -0.4 is 15.6 Å². The lowest BCUT2D eigenvalue weighted by molar-refractivity contribution is -0.387. The van der Waals surface area contributed by atoms with Gasteiger partial charge in [-0.25, -0.2) is 13.2 Å². The third-order valence-electron chi connectivity index (χ3n) is 4.80. The molecule has 4 rings (SSSR count). The molecule has 0 unspecified atom stereocenters. The van der Waals surface area contributed by atoms with Gasteiger partial charge in [-0.05, 0) is 12.1 Å². The standard InChI is InChI=1S/C19H16N4O7S/c24-17-9-10-21(19(25)20-17)18-11-22(14-6-2-1-5-13(14)12-30-18)31(28,29)16-8-4-3-7-15(16)23(26)27/h1-10,18H,11-12H2,(H,20,24,25)/t18-/m0/s1. The number of rotatable bonds is 4. The molecule has 11 nitrogen and oxygen atoms in total. The minimum atomic E-state index is -4.41. The number of aromatic amines is 1. The van der Waals surface area contributed by atoms with E-state index in [9.17, 15) is 28.1 Å². The number of nitro groups is 1. The summed E-state index contributed by atoms with van der Waals surface area (Å²) >= 11 is 0. The van der Waals surface area contributed by atoms with Crippen LogP contribution in [0, 0.1) is 10.1 Å². The number of aromatic nitrogens is 2. The summed E-state index contributed by atoms with van der Waals surface area (Å²) in [5.74, 6) is 0. The lowest BCUT2D eigenvalue weighted by Gasteiger charge is -2.27. The topological polar surface area (TPSA) is 145 Å². The molecule has 1 N–H and O–H groups in total. The van der Waals surface area contributed by atoms with Gasteiger partial charge in [-0.1, -0.05) is 30.3 Å². The van der Waals surface area contributed by atoms with E-state index in [-0.39, 0.29) is 18.8 Å². The van der Waals surface area contributed by atoms with E-state index in [1.807, 2.05) is 0 Å². The van der Waals surface area contributed by atoms with Crippen LogP contribution in [0.2, 0.25) is 0 Å². The highest BCUT2D eigenvalue weighted by Gasteiger charge is 2.36. The molecule has 0 saturated heterocycles. The van der Waals surface area contributed by atoms with Crippen molar-refractivity contribution >= 4 is 21.4 Å². The van der Waals surface area contributed by atoms with Crippen molar-refractivity contribution in [2.45, 2.75) is 17.7 Å². The maximum Gasteiger partial charge on any atom is 0.330 e. The first-order chi connectivity index (χ1) is 14.8. The summed E-state index contributed by atoms with van der Waals surface area (Å²) in [7, 11) is -4.41. The third-order valence-corrected chi connectivity index (χ3v) is 6.63. The molecule has 1 atom stereocenters. The highest BCUT2D eigenvalue weighted by atomic mass is 32.2. The molecule has 1 aliphatic rings. The first-order valence-corrected chi connectivity index (χ1v) is 10.5. The van der Waals surface area contributed by atoms with E-state index in [4.69, 9.17) is 4.74 Å². The number of nitrogens with zero attached hydrogens (tertiary/aromatic N) is 3. The normalized spacial score (nSPS) is 16.4. The van der Waals surface area contributed by atoms with E-state index in [1.165, 1.54) is 18.3 Å². The average Bonchev–Trinajstić information content (AvgIpc) is 2.94. The fourth-order valence-corrected chi connectivity index (χ4v) is 5.01. The molecule has 2 heterocycles. The van der Waals surface area contributed by atoms with Crippen molar-refractivity contribution in [1.29, 1.82) is 0 Å². The monoisotopic (exact) mass is 444 g/mol. The van der Waals surface area contributed by atoms with Crippen LogP contribution in [0.15, 0.2) is 75.3 Å². The molecule has 1 aromatic heterocycles. The molecule has 0 radical (unpaired) electrons. The second-order valence-corrected chi connectivity index (χ2v) is 8.50. The van der Waals surface area contributed by atoms with Gasteiger partial charge >= 0.3 is 5.69 Å². The highest BCUT2D eigenvalue weighted by Crippen LogP contribution is 2.35. The number of nitro benzene ring substituents is 1. The summed E-state index contributed by atoms with van der Waals surface area (Å²) in [4.78, 5) is 36.0. The molecule has 0 fully saturated rings. The van der Waals surface area contributed by atoms with Crippen LogP contribution in [-0.2, 0) is 21.4 Å². The van der Waals surface area contributed by atoms with E-state index in [1.54, 1.807) is 24.3 Å². The minimum Gasteiger partial charge on any atom is -0.351 e. The van der Waals surface area contributed by atoms with Gasteiger partial charge in [0.15, 0.2) is 11.1 Å². The lowest BCUT2D eigenvalue weighted by Crippen LogP contribution is -2.40. The van der Waals surface area contributed by atoms with Gasteiger partial charge in [-0.3, -0.25) is 28.8 Å². The number of hydrogen-bond donors (Lipinski definition) is 1. The zero-order valence-corrected chi connectivity index (χ0v) is 16.7. The van der Waals surface area contributed by atoms with Gasteiger partial charge in [-0.15, -0.1) is 0 Å². The Morgan fingerprint density at radius 1 is 1.06 bits per heavy atom. The number of sulfonamides is 1. The van der Waals surface area contributed by atoms with Crippen molar-refractivity contribution in [3.05, 3.63) is 97.3 Å². The van der Waals surface area contributed by atoms with Crippen molar-refractivity contribution in [1.82, 2.24) is 9.55 Å². The number of H-pyrrole nitrogens is 1. The fourth-order valence-electron chi connectivity index (χ4n) is 3.35. The van der Waals surface area contributed by atoms with Crippen molar-refractivity contribution in [2.24, 2.45) is 0 Å². The summed E-state index contributed by atoms with van der Waals surface area (Å²) in [5, 5.41) is 11.4. The number of benzene rings is 2. The van der Waals surface area contributed by atoms with E-state index < -0.39 is 43.0 Å². The van der Waals surface area contributed by atoms with E-state index in [2.05, 4.69) is 4.98 Å². The maximum absolute atomic E-state index is 13.6. The van der Waals surface area contributed by atoms with Gasteiger partial charge in [0.1, 0.15) is 0 Å². The first-order valence-electron chi connectivity index (χ1n) is 9.06. The molecule has 160 valence electrons. The molecule has 31 heavy (non-hydrogen) atoms. The van der Waals surface area contributed by atoms with Crippen LogP contribution in [0.25, 0.3) is 0 Å². The molecule has 3 aromatic rings. The Bertz CT molecular complexity index is 1380. The molecular weight excluding hydrogens is 428 g/mol. The van der Waals surface area contributed by atoms with Gasteiger partial charge in [0.05, 0.1) is 23.8 Å². The Morgan fingerprint density at radius 2 is 1.77 bits per heavy atom. The zero-order valence-electron chi connectivity index (χ0n) is 15.9. The number of ether oxygens (including phenoxy) is 1. The maximum atomic E-state index is 13.6. The second kappa shape index (κ2) is 7.81. The Labute approximate surface area is 175 Å². The molecule has 0 spiro atoms. The second-order valence-electron chi connectivity index (χ2n) is 6.67. The molecule has 0 aliphatic carbocycles. The Balaban J connectivity index is 1.88. The summed E-state index contributed by atoms with van der Waals surface area (Å²) in [6.07, 6.45) is 0.117. The number of nitrogens with one attached hydrogen (secondary N) is 1. The third kappa shape index (κ3) is 3.73. The van der Waals surface area contributed by atoms with Crippen LogP contribution in [0.4, 0.5) is 11.4 Å². The van der Waals surface area contributed by atoms with Crippen molar-refractivity contribution in [3.8, 4) is 0 Å². The molecular formula is C19H16N4O7S. The van der Waals surface area contributed by atoms with Gasteiger partial charge in [0.25, 0.3) is 21.3 Å². The SMILES string of the molecule is O=c1ccn([C@@H]2CN(S(=O)(=O)c3ccccc3[N+](=O)[O-])c3ccccc3CO2)c(=O)[nH]1. The van der Waals surface area contributed by atoms with Crippen LogP contribution in [0.3, 0.4) is 0 Å². The van der Waals surface area contributed by atoms with Gasteiger partial charge in [-0.2, -0.15) is 0 Å². The lowest BCUT2D eigenvalue weighted by atomic mass is 10.2.